The summed E-state index contributed by atoms with van der Waals surface area (Å²) in [6.45, 7) is 11.3. The number of aryl methyl sites for hydroxylation is 2. The molecule has 1 aliphatic carbocycles. The summed E-state index contributed by atoms with van der Waals surface area (Å²) < 4.78 is 5.70. The van der Waals surface area contributed by atoms with Crippen LogP contribution in [0.3, 0.4) is 0 Å². The lowest BCUT2D eigenvalue weighted by Gasteiger charge is -2.29. The number of rotatable bonds is 7. The maximum Gasteiger partial charge on any atom is 0.259 e. The van der Waals surface area contributed by atoms with Gasteiger partial charge in [0.25, 0.3) is 5.56 Å². The Morgan fingerprint density at radius 1 is 1.29 bits per heavy atom. The molecular weight excluding hydrogens is 374 g/mol. The minimum atomic E-state index is -0.592. The largest absolute Gasteiger partial charge is 0.389 e. The van der Waals surface area contributed by atoms with Gasteiger partial charge in [-0.25, -0.2) is 4.98 Å². The number of aromatic nitrogens is 2. The Balaban J connectivity index is 1.76. The second-order valence-electron chi connectivity index (χ2n) is 9.00. The van der Waals surface area contributed by atoms with Crippen molar-refractivity contribution in [2.45, 2.75) is 84.6 Å². The first-order valence-electron chi connectivity index (χ1n) is 10.2. The molecule has 2 aromatic rings. The van der Waals surface area contributed by atoms with Gasteiger partial charge in [0.15, 0.2) is 0 Å². The predicted octanol–water partition coefficient (Wildman–Crippen LogP) is 3.25. The van der Waals surface area contributed by atoms with Crippen molar-refractivity contribution < 1.29 is 9.84 Å². The van der Waals surface area contributed by atoms with Crippen molar-refractivity contribution in [2.75, 3.05) is 13.2 Å². The third-order valence-corrected chi connectivity index (χ3v) is 6.30. The predicted molar refractivity (Wildman–Crippen MR) is 114 cm³/mol. The number of aliphatic hydroxyl groups excluding tert-OH is 1. The average molecular weight is 408 g/mol. The van der Waals surface area contributed by atoms with Crippen LogP contribution in [0.25, 0.3) is 10.2 Å². The molecule has 0 saturated carbocycles. The highest BCUT2D eigenvalue weighted by Gasteiger charge is 2.22. The molecule has 0 unspecified atom stereocenters. The molecule has 0 saturated heterocycles. The number of fused-ring (bicyclic) bond motifs is 3. The molecule has 0 spiro atoms. The normalized spacial score (nSPS) is 16.1. The first-order valence-corrected chi connectivity index (χ1v) is 11.0. The molecular formula is C21H33N3O3S. The lowest BCUT2D eigenvalue weighted by Crippen LogP contribution is -2.40. The van der Waals surface area contributed by atoms with Crippen LogP contribution in [-0.4, -0.2) is 50.9 Å². The summed E-state index contributed by atoms with van der Waals surface area (Å²) in [6.07, 6.45) is 3.79. The molecule has 28 heavy (non-hydrogen) atoms. The number of hydrogen-bond donors (Lipinski definition) is 2. The lowest BCUT2D eigenvalue weighted by molar-refractivity contribution is -0.0588. The third-order valence-electron chi connectivity index (χ3n) is 5.11. The van der Waals surface area contributed by atoms with Crippen LogP contribution in [0.15, 0.2) is 4.79 Å². The van der Waals surface area contributed by atoms with Gasteiger partial charge in [0.1, 0.15) is 10.7 Å². The van der Waals surface area contributed by atoms with Gasteiger partial charge < -0.3 is 14.8 Å². The maximum atomic E-state index is 12.7. The van der Waals surface area contributed by atoms with Gasteiger partial charge >= 0.3 is 0 Å². The van der Waals surface area contributed by atoms with Crippen LogP contribution in [0.4, 0.5) is 0 Å². The summed E-state index contributed by atoms with van der Waals surface area (Å²) in [5, 5.41) is 11.2. The van der Waals surface area contributed by atoms with Crippen molar-refractivity contribution in [3.8, 4) is 0 Å². The number of nitrogens with one attached hydrogen (secondary N) is 1. The van der Waals surface area contributed by atoms with E-state index in [-0.39, 0.29) is 23.8 Å². The highest BCUT2D eigenvalue weighted by molar-refractivity contribution is 7.18. The van der Waals surface area contributed by atoms with Crippen molar-refractivity contribution >= 4 is 21.6 Å². The van der Waals surface area contributed by atoms with Crippen molar-refractivity contribution in [3.63, 3.8) is 0 Å². The van der Waals surface area contributed by atoms with E-state index in [4.69, 9.17) is 9.72 Å². The number of nitrogens with zero attached hydrogens (tertiary/aromatic N) is 2. The van der Waals surface area contributed by atoms with Gasteiger partial charge in [-0.2, -0.15) is 0 Å². The summed E-state index contributed by atoms with van der Waals surface area (Å²) in [5.74, 6) is 0.661. The fraction of sp³-hybridized carbons (Fsp3) is 0.714. The summed E-state index contributed by atoms with van der Waals surface area (Å²) in [5.41, 5.74) is 0.904. The molecule has 1 aliphatic rings. The van der Waals surface area contributed by atoms with E-state index in [0.717, 1.165) is 29.5 Å². The third kappa shape index (κ3) is 5.20. The number of ether oxygens (including phenoxy) is 1. The first-order chi connectivity index (χ1) is 13.1. The van der Waals surface area contributed by atoms with Gasteiger partial charge in [0, 0.05) is 17.5 Å². The molecule has 3 rings (SSSR count). The van der Waals surface area contributed by atoms with Gasteiger partial charge in [-0.1, -0.05) is 0 Å². The highest BCUT2D eigenvalue weighted by Crippen LogP contribution is 2.33. The van der Waals surface area contributed by atoms with Gasteiger partial charge in [0.2, 0.25) is 0 Å². The summed E-state index contributed by atoms with van der Waals surface area (Å²) in [7, 11) is 0. The van der Waals surface area contributed by atoms with E-state index in [2.05, 4.69) is 23.7 Å². The molecule has 0 aliphatic heterocycles. The van der Waals surface area contributed by atoms with Crippen LogP contribution in [0.2, 0.25) is 0 Å². The van der Waals surface area contributed by atoms with E-state index in [1.54, 1.807) is 11.3 Å². The van der Waals surface area contributed by atoms with Crippen molar-refractivity contribution in [2.24, 2.45) is 0 Å². The Morgan fingerprint density at radius 3 is 2.68 bits per heavy atom. The van der Waals surface area contributed by atoms with E-state index in [1.165, 1.54) is 16.9 Å². The molecule has 156 valence electrons. The Kier molecular flexibility index (Phi) is 6.59. The van der Waals surface area contributed by atoms with Gasteiger partial charge in [-0.15, -0.1) is 11.3 Å². The molecule has 2 aromatic heterocycles. The van der Waals surface area contributed by atoms with Crippen LogP contribution < -0.4 is 5.56 Å². The molecule has 0 bridgehead atoms. The quantitative estimate of drug-likeness (QED) is 0.737. The Bertz CT molecular complexity index is 866. The zero-order chi connectivity index (χ0) is 20.5. The van der Waals surface area contributed by atoms with Crippen LogP contribution in [0.1, 0.15) is 63.7 Å². The van der Waals surface area contributed by atoms with E-state index >= 15 is 0 Å². The van der Waals surface area contributed by atoms with E-state index in [1.807, 2.05) is 20.8 Å². The van der Waals surface area contributed by atoms with Gasteiger partial charge in [-0.3, -0.25) is 9.69 Å². The van der Waals surface area contributed by atoms with Gasteiger partial charge in [-0.05, 0) is 65.9 Å². The number of H-pyrrole nitrogens is 1. The number of aromatic amines is 1. The number of aliphatic hydroxyl groups is 1. The molecule has 7 heteroatoms. The fourth-order valence-electron chi connectivity index (χ4n) is 3.60. The zero-order valence-corrected chi connectivity index (χ0v) is 18.5. The molecule has 6 nitrogen and oxygen atoms in total. The minimum Gasteiger partial charge on any atom is -0.389 e. The number of thiophene rings is 1. The lowest BCUT2D eigenvalue weighted by atomic mass is 9.97. The van der Waals surface area contributed by atoms with Gasteiger partial charge in [0.05, 0.1) is 30.2 Å². The molecule has 0 radical (unpaired) electrons. The first kappa shape index (κ1) is 21.4. The highest BCUT2D eigenvalue weighted by atomic mass is 32.1. The Morgan fingerprint density at radius 2 is 2.00 bits per heavy atom. The van der Waals surface area contributed by atoms with Crippen molar-refractivity contribution in [1.29, 1.82) is 0 Å². The summed E-state index contributed by atoms with van der Waals surface area (Å²) >= 11 is 1.67. The fourth-order valence-corrected chi connectivity index (χ4v) is 4.88. The second kappa shape index (κ2) is 8.61. The Hall–Kier alpha value is -1.28. The maximum absolute atomic E-state index is 12.7. The van der Waals surface area contributed by atoms with E-state index in [9.17, 15) is 9.90 Å². The van der Waals surface area contributed by atoms with E-state index in [0.29, 0.717) is 18.9 Å². The average Bonchev–Trinajstić information content (AvgIpc) is 2.97. The second-order valence-corrected chi connectivity index (χ2v) is 10.1. The summed E-state index contributed by atoms with van der Waals surface area (Å²) in [4.78, 5) is 24.8. The molecule has 0 aromatic carbocycles. The van der Waals surface area contributed by atoms with E-state index < -0.39 is 6.10 Å². The van der Waals surface area contributed by atoms with Crippen molar-refractivity contribution in [1.82, 2.24) is 14.9 Å². The topological polar surface area (TPSA) is 78.5 Å². The smallest absolute Gasteiger partial charge is 0.259 e. The Labute approximate surface area is 170 Å². The molecule has 1 atom stereocenters. The molecule has 2 N–H and O–H groups in total. The monoisotopic (exact) mass is 407 g/mol. The number of hydrogen-bond acceptors (Lipinski definition) is 6. The molecule has 2 heterocycles. The summed E-state index contributed by atoms with van der Waals surface area (Å²) in [6, 6.07) is 0.210. The van der Waals surface area contributed by atoms with Crippen LogP contribution in [0, 0.1) is 0 Å². The van der Waals surface area contributed by atoms with Crippen molar-refractivity contribution in [3.05, 3.63) is 26.6 Å². The van der Waals surface area contributed by atoms with Crippen LogP contribution >= 0.6 is 11.3 Å². The minimum absolute atomic E-state index is 0.0280. The molecule has 0 fully saturated rings. The SMILES string of the molecule is CC(C)N(Cc1nc2sc3c(c2c(=O)[nH]1)CCCC3)C[C@H](O)COC(C)(C)C. The standard InChI is InChI=1S/C21H33N3O3S/c1-13(2)24(10-14(25)12-27-21(3,4)5)11-17-22-19(26)18-15-8-6-7-9-16(15)28-20(18)23-17/h13-14,25H,6-12H2,1-5H3,(H,22,23,26)/t14-/m0/s1. The zero-order valence-electron chi connectivity index (χ0n) is 17.7. The van der Waals surface area contributed by atoms with Crippen LogP contribution in [0.5, 0.6) is 0 Å². The molecule has 0 amide bonds. The van der Waals surface area contributed by atoms with Crippen LogP contribution in [-0.2, 0) is 24.1 Å².